The number of hydrogen-bond acceptors (Lipinski definition) is 5. The van der Waals surface area contributed by atoms with Crippen LogP contribution in [0.2, 0.25) is 0 Å². The number of fused-ring (bicyclic) bond motifs is 1. The molecule has 0 unspecified atom stereocenters. The van der Waals surface area contributed by atoms with Gasteiger partial charge in [0.1, 0.15) is 17.6 Å². The Morgan fingerprint density at radius 1 is 1.26 bits per heavy atom. The van der Waals surface area contributed by atoms with Gasteiger partial charge in [-0.3, -0.25) is 4.79 Å². The molecule has 2 aromatic carbocycles. The number of halogens is 3. The molecule has 0 amide bonds. The first kappa shape index (κ1) is 19.7. The summed E-state index contributed by atoms with van der Waals surface area (Å²) in [6, 6.07) is 10.8. The summed E-state index contributed by atoms with van der Waals surface area (Å²) in [5.74, 6) is 1.01. The van der Waals surface area contributed by atoms with Crippen LogP contribution in [0.25, 0.3) is 10.9 Å². The van der Waals surface area contributed by atoms with Gasteiger partial charge in [0, 0.05) is 4.47 Å². The standard InChI is InChI=1S/C18H11Br3N4O2/c1-10-24-16-3-2-12(19)8-13(16)18(26)25(10)23-9-11-6-14(20)17(15(21)7-11)27-5-4-22/h2-3,6-9H,5H2,1H3. The minimum absolute atomic E-state index is 0.0580. The maximum Gasteiger partial charge on any atom is 0.282 e. The molecule has 0 bridgehead atoms. The topological polar surface area (TPSA) is 80.3 Å². The molecule has 1 heterocycles. The SMILES string of the molecule is Cc1nc2ccc(Br)cc2c(=O)n1N=Cc1cc(Br)c(OCC#N)c(Br)c1. The third-order valence-corrected chi connectivity index (χ3v) is 5.27. The number of hydrogen-bond donors (Lipinski definition) is 0. The summed E-state index contributed by atoms with van der Waals surface area (Å²) < 4.78 is 8.75. The summed E-state index contributed by atoms with van der Waals surface area (Å²) in [5.41, 5.74) is 1.11. The van der Waals surface area contributed by atoms with E-state index < -0.39 is 0 Å². The zero-order valence-corrected chi connectivity index (χ0v) is 18.7. The quantitative estimate of drug-likeness (QED) is 0.435. The fourth-order valence-electron chi connectivity index (χ4n) is 2.42. The van der Waals surface area contributed by atoms with E-state index in [2.05, 4.69) is 57.9 Å². The van der Waals surface area contributed by atoms with Gasteiger partial charge < -0.3 is 4.74 Å². The minimum atomic E-state index is -0.248. The molecule has 0 saturated heterocycles. The predicted octanol–water partition coefficient (Wildman–Crippen LogP) is 4.78. The molecule has 0 aliphatic heterocycles. The van der Waals surface area contributed by atoms with Crippen molar-refractivity contribution in [1.29, 1.82) is 5.26 Å². The van der Waals surface area contributed by atoms with Crippen LogP contribution in [0.1, 0.15) is 11.4 Å². The minimum Gasteiger partial charge on any atom is -0.476 e. The molecule has 1 aromatic heterocycles. The molecule has 3 rings (SSSR count). The first-order chi connectivity index (χ1) is 12.9. The van der Waals surface area contributed by atoms with Crippen LogP contribution in [0.5, 0.6) is 5.75 Å². The second-order valence-electron chi connectivity index (χ2n) is 5.44. The third-order valence-electron chi connectivity index (χ3n) is 3.59. The van der Waals surface area contributed by atoms with Crippen LogP contribution in [0.15, 0.2) is 53.6 Å². The van der Waals surface area contributed by atoms with Gasteiger partial charge in [0.15, 0.2) is 6.61 Å². The Hall–Kier alpha value is -2.02. The van der Waals surface area contributed by atoms with Gasteiger partial charge in [-0.15, -0.1) is 0 Å². The van der Waals surface area contributed by atoms with Gasteiger partial charge in [0.25, 0.3) is 5.56 Å². The largest absolute Gasteiger partial charge is 0.476 e. The molecule has 0 fully saturated rings. The van der Waals surface area contributed by atoms with E-state index in [4.69, 9.17) is 10.00 Å². The average Bonchev–Trinajstić information content (AvgIpc) is 2.62. The first-order valence-corrected chi connectivity index (χ1v) is 10.0. The Kier molecular flexibility index (Phi) is 6.09. The molecule has 3 aromatic rings. The van der Waals surface area contributed by atoms with Crippen molar-refractivity contribution in [2.24, 2.45) is 5.10 Å². The van der Waals surface area contributed by atoms with E-state index in [-0.39, 0.29) is 12.2 Å². The van der Waals surface area contributed by atoms with Gasteiger partial charge in [-0.1, -0.05) is 15.9 Å². The molecule has 6 nitrogen and oxygen atoms in total. The van der Waals surface area contributed by atoms with Crippen molar-refractivity contribution in [3.05, 3.63) is 65.5 Å². The summed E-state index contributed by atoms with van der Waals surface area (Å²) in [7, 11) is 0. The monoisotopic (exact) mass is 552 g/mol. The fraction of sp³-hybridized carbons (Fsp3) is 0.111. The average molecular weight is 555 g/mol. The third kappa shape index (κ3) is 4.29. The molecule has 0 aliphatic rings. The molecule has 0 spiro atoms. The highest BCUT2D eigenvalue weighted by molar-refractivity contribution is 9.11. The Bertz CT molecular complexity index is 1140. The maximum atomic E-state index is 12.7. The molecular formula is C18H11Br3N4O2. The molecular weight excluding hydrogens is 544 g/mol. The lowest BCUT2D eigenvalue weighted by atomic mass is 10.2. The number of ether oxygens (including phenoxy) is 1. The van der Waals surface area contributed by atoms with Crippen molar-refractivity contribution in [3.8, 4) is 11.8 Å². The Morgan fingerprint density at radius 3 is 2.63 bits per heavy atom. The van der Waals surface area contributed by atoms with Crippen LogP contribution in [-0.4, -0.2) is 22.5 Å². The van der Waals surface area contributed by atoms with Crippen molar-refractivity contribution in [3.63, 3.8) is 0 Å². The summed E-state index contributed by atoms with van der Waals surface area (Å²) >= 11 is 10.2. The molecule has 136 valence electrons. The Labute approximate surface area is 179 Å². The molecule has 0 atom stereocenters. The zero-order valence-electron chi connectivity index (χ0n) is 13.9. The number of rotatable bonds is 4. The van der Waals surface area contributed by atoms with E-state index in [1.54, 1.807) is 37.4 Å². The van der Waals surface area contributed by atoms with E-state index >= 15 is 0 Å². The smallest absolute Gasteiger partial charge is 0.282 e. The van der Waals surface area contributed by atoms with Crippen LogP contribution in [0.3, 0.4) is 0 Å². The van der Waals surface area contributed by atoms with Gasteiger partial charge in [-0.05, 0) is 74.7 Å². The number of aryl methyl sites for hydroxylation is 1. The van der Waals surface area contributed by atoms with Crippen LogP contribution < -0.4 is 10.3 Å². The van der Waals surface area contributed by atoms with Gasteiger partial charge in [0.2, 0.25) is 0 Å². The van der Waals surface area contributed by atoms with Crippen LogP contribution in [0, 0.1) is 18.3 Å². The summed E-state index contributed by atoms with van der Waals surface area (Å²) in [6.45, 7) is 1.67. The van der Waals surface area contributed by atoms with Crippen molar-refractivity contribution in [2.45, 2.75) is 6.92 Å². The first-order valence-electron chi connectivity index (χ1n) is 7.63. The second-order valence-corrected chi connectivity index (χ2v) is 8.07. The van der Waals surface area contributed by atoms with E-state index in [1.165, 1.54) is 4.68 Å². The summed E-state index contributed by atoms with van der Waals surface area (Å²) in [5, 5.41) is 13.4. The Balaban J connectivity index is 2.02. The second kappa shape index (κ2) is 8.33. The van der Waals surface area contributed by atoms with E-state index in [0.29, 0.717) is 31.4 Å². The number of benzene rings is 2. The zero-order chi connectivity index (χ0) is 19.6. The Morgan fingerprint density at radius 2 is 1.96 bits per heavy atom. The highest BCUT2D eigenvalue weighted by Crippen LogP contribution is 2.34. The van der Waals surface area contributed by atoms with Crippen LogP contribution >= 0.6 is 47.8 Å². The van der Waals surface area contributed by atoms with Gasteiger partial charge in [0.05, 0.1) is 26.1 Å². The molecule has 0 saturated carbocycles. The number of aromatic nitrogens is 2. The molecule has 9 heteroatoms. The lowest BCUT2D eigenvalue weighted by Crippen LogP contribution is -2.20. The lowest BCUT2D eigenvalue weighted by molar-refractivity contribution is 0.363. The lowest BCUT2D eigenvalue weighted by Gasteiger charge is -2.09. The van der Waals surface area contributed by atoms with Gasteiger partial charge in [-0.25, -0.2) is 4.98 Å². The maximum absolute atomic E-state index is 12.7. The van der Waals surface area contributed by atoms with Gasteiger partial charge in [-0.2, -0.15) is 15.0 Å². The summed E-state index contributed by atoms with van der Waals surface area (Å²) in [6.07, 6.45) is 1.56. The van der Waals surface area contributed by atoms with Crippen molar-refractivity contribution in [2.75, 3.05) is 6.61 Å². The summed E-state index contributed by atoms with van der Waals surface area (Å²) in [4.78, 5) is 17.2. The molecule has 0 aliphatic carbocycles. The van der Waals surface area contributed by atoms with E-state index in [9.17, 15) is 4.79 Å². The molecule has 0 N–H and O–H groups in total. The highest BCUT2D eigenvalue weighted by Gasteiger charge is 2.10. The van der Waals surface area contributed by atoms with Crippen molar-refractivity contribution < 1.29 is 4.74 Å². The van der Waals surface area contributed by atoms with E-state index in [0.717, 1.165) is 10.0 Å². The van der Waals surface area contributed by atoms with Gasteiger partial charge >= 0.3 is 0 Å². The number of nitriles is 1. The van der Waals surface area contributed by atoms with E-state index in [1.807, 2.05) is 12.1 Å². The molecule has 27 heavy (non-hydrogen) atoms. The van der Waals surface area contributed by atoms with Crippen LogP contribution in [-0.2, 0) is 0 Å². The molecule has 0 radical (unpaired) electrons. The van der Waals surface area contributed by atoms with Crippen molar-refractivity contribution >= 4 is 64.9 Å². The van der Waals surface area contributed by atoms with Crippen molar-refractivity contribution in [1.82, 2.24) is 9.66 Å². The van der Waals surface area contributed by atoms with Crippen LogP contribution in [0.4, 0.5) is 0 Å². The normalized spacial score (nSPS) is 11.1. The fourth-order valence-corrected chi connectivity index (χ4v) is 4.23. The predicted molar refractivity (Wildman–Crippen MR) is 114 cm³/mol. The highest BCUT2D eigenvalue weighted by atomic mass is 79.9. The number of nitrogens with zero attached hydrogens (tertiary/aromatic N) is 4.